The highest BCUT2D eigenvalue weighted by Gasteiger charge is 2.26. The Morgan fingerprint density at radius 1 is 1.29 bits per heavy atom. The number of nitriles is 1. The van der Waals surface area contributed by atoms with Gasteiger partial charge in [0, 0.05) is 5.56 Å². The molecule has 21 heavy (non-hydrogen) atoms. The van der Waals surface area contributed by atoms with E-state index < -0.39 is 17.5 Å². The van der Waals surface area contributed by atoms with Crippen molar-refractivity contribution in [2.45, 2.75) is 12.8 Å². The number of halogens is 1. The fourth-order valence-electron chi connectivity index (χ4n) is 2.17. The van der Waals surface area contributed by atoms with E-state index in [2.05, 4.69) is 0 Å². The van der Waals surface area contributed by atoms with Crippen LogP contribution in [0, 0.1) is 24.1 Å². The van der Waals surface area contributed by atoms with E-state index >= 15 is 0 Å². The highest BCUT2D eigenvalue weighted by molar-refractivity contribution is 6.03. The van der Waals surface area contributed by atoms with Crippen molar-refractivity contribution in [2.24, 2.45) is 0 Å². The monoisotopic (exact) mass is 283 g/mol. The molecule has 0 saturated heterocycles. The number of hydrogen-bond acceptors (Lipinski definition) is 3. The zero-order chi connectivity index (χ0) is 15.4. The average Bonchev–Trinajstić information content (AvgIpc) is 2.48. The van der Waals surface area contributed by atoms with Gasteiger partial charge in [-0.2, -0.15) is 5.26 Å². The van der Waals surface area contributed by atoms with E-state index in [-0.39, 0.29) is 5.56 Å². The second-order valence-corrected chi connectivity index (χ2v) is 4.65. The number of methoxy groups -OCH3 is 1. The molecule has 0 amide bonds. The minimum absolute atomic E-state index is 0.0902. The van der Waals surface area contributed by atoms with Crippen molar-refractivity contribution in [3.8, 4) is 11.8 Å². The lowest BCUT2D eigenvalue weighted by atomic mass is 9.90. The van der Waals surface area contributed by atoms with Crippen LogP contribution in [0.4, 0.5) is 4.39 Å². The Morgan fingerprint density at radius 3 is 2.62 bits per heavy atom. The third-order valence-electron chi connectivity index (χ3n) is 3.23. The number of nitrogens with zero attached hydrogens (tertiary/aromatic N) is 1. The van der Waals surface area contributed by atoms with Crippen molar-refractivity contribution >= 4 is 5.78 Å². The first-order valence-corrected chi connectivity index (χ1v) is 6.41. The Kier molecular flexibility index (Phi) is 4.34. The smallest absolute Gasteiger partial charge is 0.187 e. The van der Waals surface area contributed by atoms with E-state index in [0.29, 0.717) is 11.3 Å². The number of benzene rings is 2. The van der Waals surface area contributed by atoms with Crippen LogP contribution in [0.3, 0.4) is 0 Å². The van der Waals surface area contributed by atoms with Crippen LogP contribution in [0.2, 0.25) is 0 Å². The van der Waals surface area contributed by atoms with Gasteiger partial charge in [0.1, 0.15) is 17.5 Å². The highest BCUT2D eigenvalue weighted by Crippen LogP contribution is 2.30. The van der Waals surface area contributed by atoms with Gasteiger partial charge in [0.25, 0.3) is 0 Å². The normalized spacial score (nSPS) is 11.5. The summed E-state index contributed by atoms with van der Waals surface area (Å²) in [5.41, 5.74) is 1.26. The van der Waals surface area contributed by atoms with Crippen molar-refractivity contribution in [2.75, 3.05) is 7.11 Å². The molecule has 0 radical (unpaired) electrons. The van der Waals surface area contributed by atoms with E-state index in [4.69, 9.17) is 4.74 Å². The molecule has 2 rings (SSSR count). The van der Waals surface area contributed by atoms with Crippen molar-refractivity contribution in [3.05, 3.63) is 65.0 Å². The standard InChI is InChI=1S/C17H14FNO2/c1-11-7-8-16(21-2)13(9-11)14(10-19)17(20)12-5-3-4-6-15(12)18/h3-9,14H,1-2H3. The maximum atomic E-state index is 13.8. The topological polar surface area (TPSA) is 50.1 Å². The Balaban J connectivity index is 2.51. The summed E-state index contributed by atoms with van der Waals surface area (Å²) in [4.78, 5) is 12.5. The zero-order valence-electron chi connectivity index (χ0n) is 11.8. The van der Waals surface area contributed by atoms with Crippen LogP contribution in [-0.4, -0.2) is 12.9 Å². The number of hydrogen-bond donors (Lipinski definition) is 0. The zero-order valence-corrected chi connectivity index (χ0v) is 11.8. The SMILES string of the molecule is COc1ccc(C)cc1C(C#N)C(=O)c1ccccc1F. The lowest BCUT2D eigenvalue weighted by Gasteiger charge is -2.14. The van der Waals surface area contributed by atoms with Crippen LogP contribution in [0.15, 0.2) is 42.5 Å². The third-order valence-corrected chi connectivity index (χ3v) is 3.23. The van der Waals surface area contributed by atoms with Gasteiger partial charge in [-0.05, 0) is 25.1 Å². The van der Waals surface area contributed by atoms with Crippen LogP contribution in [0.5, 0.6) is 5.75 Å². The molecule has 4 heteroatoms. The first-order valence-electron chi connectivity index (χ1n) is 6.41. The van der Waals surface area contributed by atoms with Gasteiger partial charge in [-0.15, -0.1) is 0 Å². The van der Waals surface area contributed by atoms with Gasteiger partial charge in [-0.1, -0.05) is 29.8 Å². The molecule has 0 aliphatic carbocycles. The molecule has 0 heterocycles. The number of Topliss-reactive ketones (excluding diaryl/α,β-unsaturated/α-hetero) is 1. The quantitative estimate of drug-likeness (QED) is 0.805. The lowest BCUT2D eigenvalue weighted by Crippen LogP contribution is -2.14. The molecule has 0 aliphatic rings. The van der Waals surface area contributed by atoms with Gasteiger partial charge in [0.2, 0.25) is 0 Å². The predicted octanol–water partition coefficient (Wildman–Crippen LogP) is 3.63. The summed E-state index contributed by atoms with van der Waals surface area (Å²) < 4.78 is 19.0. The molecule has 3 nitrogen and oxygen atoms in total. The molecule has 106 valence electrons. The molecule has 2 aromatic carbocycles. The molecule has 1 atom stereocenters. The molecule has 0 saturated carbocycles. The number of aryl methyl sites for hydroxylation is 1. The van der Waals surface area contributed by atoms with Gasteiger partial charge in [0.15, 0.2) is 5.78 Å². The van der Waals surface area contributed by atoms with Crippen molar-refractivity contribution < 1.29 is 13.9 Å². The number of rotatable bonds is 4. The fraction of sp³-hybridized carbons (Fsp3) is 0.176. The predicted molar refractivity (Wildman–Crippen MR) is 76.8 cm³/mol. The number of ketones is 1. The van der Waals surface area contributed by atoms with E-state index in [1.807, 2.05) is 19.1 Å². The van der Waals surface area contributed by atoms with E-state index in [1.54, 1.807) is 18.2 Å². The second-order valence-electron chi connectivity index (χ2n) is 4.65. The summed E-state index contributed by atoms with van der Waals surface area (Å²) >= 11 is 0. The third kappa shape index (κ3) is 2.92. The van der Waals surface area contributed by atoms with Crippen LogP contribution in [0.25, 0.3) is 0 Å². The Labute approximate surface area is 122 Å². The highest BCUT2D eigenvalue weighted by atomic mass is 19.1. The summed E-state index contributed by atoms with van der Waals surface area (Å²) in [7, 11) is 1.47. The molecule has 1 unspecified atom stereocenters. The van der Waals surface area contributed by atoms with Crippen LogP contribution >= 0.6 is 0 Å². The fourth-order valence-corrected chi connectivity index (χ4v) is 2.17. The number of carbonyl (C=O) groups is 1. The summed E-state index contributed by atoms with van der Waals surface area (Å²) in [5.74, 6) is -1.86. The molecule has 0 bridgehead atoms. The Morgan fingerprint density at radius 2 is 2.00 bits per heavy atom. The maximum absolute atomic E-state index is 13.8. The summed E-state index contributed by atoms with van der Waals surface area (Å²) in [6.45, 7) is 1.85. The maximum Gasteiger partial charge on any atom is 0.187 e. The van der Waals surface area contributed by atoms with Crippen LogP contribution < -0.4 is 4.74 Å². The molecule has 0 fully saturated rings. The van der Waals surface area contributed by atoms with Crippen LogP contribution in [-0.2, 0) is 0 Å². The summed E-state index contributed by atoms with van der Waals surface area (Å²) in [6.07, 6.45) is 0. The molecule has 2 aromatic rings. The van der Waals surface area contributed by atoms with Gasteiger partial charge < -0.3 is 4.74 Å². The molecular formula is C17H14FNO2. The molecule has 0 aliphatic heterocycles. The first kappa shape index (κ1) is 14.7. The molecule has 0 spiro atoms. The van der Waals surface area contributed by atoms with Crippen LogP contribution in [0.1, 0.15) is 27.4 Å². The van der Waals surface area contributed by atoms with E-state index in [0.717, 1.165) is 5.56 Å². The van der Waals surface area contributed by atoms with E-state index in [9.17, 15) is 14.4 Å². The molecule has 0 N–H and O–H groups in total. The first-order chi connectivity index (χ1) is 10.1. The summed E-state index contributed by atoms with van der Waals surface area (Å²) in [6, 6.07) is 12.8. The minimum Gasteiger partial charge on any atom is -0.496 e. The van der Waals surface area contributed by atoms with Crippen molar-refractivity contribution in [3.63, 3.8) is 0 Å². The Hall–Kier alpha value is -2.67. The average molecular weight is 283 g/mol. The summed E-state index contributed by atoms with van der Waals surface area (Å²) in [5, 5.41) is 9.36. The molecular weight excluding hydrogens is 269 g/mol. The van der Waals surface area contributed by atoms with E-state index in [1.165, 1.54) is 25.3 Å². The lowest BCUT2D eigenvalue weighted by molar-refractivity contribution is 0.0974. The van der Waals surface area contributed by atoms with Gasteiger partial charge in [0.05, 0.1) is 18.7 Å². The number of carbonyl (C=O) groups excluding carboxylic acids is 1. The van der Waals surface area contributed by atoms with Crippen molar-refractivity contribution in [1.82, 2.24) is 0 Å². The number of ether oxygens (including phenoxy) is 1. The van der Waals surface area contributed by atoms with Gasteiger partial charge >= 0.3 is 0 Å². The largest absolute Gasteiger partial charge is 0.496 e. The molecule has 0 aromatic heterocycles. The minimum atomic E-state index is -1.10. The van der Waals surface area contributed by atoms with Gasteiger partial charge in [-0.25, -0.2) is 4.39 Å². The second kappa shape index (κ2) is 6.19. The van der Waals surface area contributed by atoms with Crippen molar-refractivity contribution in [1.29, 1.82) is 5.26 Å². The van der Waals surface area contributed by atoms with Gasteiger partial charge in [-0.3, -0.25) is 4.79 Å². The Bertz CT molecular complexity index is 719.